The molecular weight excluding hydrogens is 252 g/mol. The Bertz CT molecular complexity index is 497. The fourth-order valence-corrected chi connectivity index (χ4v) is 2.44. The lowest BCUT2D eigenvalue weighted by atomic mass is 9.99. The number of fused-ring (bicyclic) bond motifs is 1. The van der Waals surface area contributed by atoms with E-state index in [1.165, 1.54) is 5.56 Å². The van der Waals surface area contributed by atoms with Crippen LogP contribution >= 0.6 is 0 Å². The van der Waals surface area contributed by atoms with Gasteiger partial charge in [-0.25, -0.2) is 0 Å². The lowest BCUT2D eigenvalue weighted by molar-refractivity contribution is -0.128. The molecule has 1 heterocycles. The molecule has 1 aliphatic heterocycles. The second kappa shape index (κ2) is 5.83. The molecule has 0 aliphatic carbocycles. The molecule has 1 aromatic rings. The molecule has 1 aliphatic rings. The van der Waals surface area contributed by atoms with Crippen molar-refractivity contribution in [2.75, 3.05) is 18.0 Å². The van der Waals surface area contributed by atoms with Crippen LogP contribution < -0.4 is 15.4 Å². The van der Waals surface area contributed by atoms with E-state index in [2.05, 4.69) is 19.9 Å². The lowest BCUT2D eigenvalue weighted by Gasteiger charge is -2.36. The molecule has 0 fully saturated rings. The first kappa shape index (κ1) is 14.9. The van der Waals surface area contributed by atoms with Crippen LogP contribution in [-0.2, 0) is 4.79 Å². The average molecular weight is 276 g/mol. The molecule has 2 rings (SSSR count). The topological polar surface area (TPSA) is 55.6 Å². The van der Waals surface area contributed by atoms with E-state index in [1.807, 2.05) is 26.0 Å². The van der Waals surface area contributed by atoms with Crippen LogP contribution in [0, 0.1) is 5.92 Å². The Kier molecular flexibility index (Phi) is 4.33. The van der Waals surface area contributed by atoms with E-state index in [0.29, 0.717) is 19.0 Å². The third-order valence-electron chi connectivity index (χ3n) is 3.66. The quantitative estimate of drug-likeness (QED) is 0.919. The molecule has 1 unspecified atom stereocenters. The van der Waals surface area contributed by atoms with Crippen molar-refractivity contribution in [3.8, 4) is 5.75 Å². The van der Waals surface area contributed by atoms with Crippen molar-refractivity contribution in [2.24, 2.45) is 11.7 Å². The molecule has 110 valence electrons. The van der Waals surface area contributed by atoms with Crippen LogP contribution in [0.5, 0.6) is 5.75 Å². The number of nitrogens with two attached hydrogens (primary N) is 1. The number of ether oxygens (including phenoxy) is 1. The standard InChI is InChI=1S/C16H24N2O2/c1-10(2)12-5-6-14-13(9-12)18(8-7-17)16(19)15(20-14)11(3)4/h5-6,9-11,15H,7-8,17H2,1-4H3. The zero-order valence-corrected chi connectivity index (χ0v) is 12.7. The Morgan fingerprint density at radius 3 is 2.55 bits per heavy atom. The monoisotopic (exact) mass is 276 g/mol. The van der Waals surface area contributed by atoms with Crippen molar-refractivity contribution in [3.63, 3.8) is 0 Å². The van der Waals surface area contributed by atoms with Gasteiger partial charge in [0.25, 0.3) is 5.91 Å². The Morgan fingerprint density at radius 2 is 2.00 bits per heavy atom. The number of benzene rings is 1. The van der Waals surface area contributed by atoms with Crippen LogP contribution in [0.4, 0.5) is 5.69 Å². The van der Waals surface area contributed by atoms with Crippen molar-refractivity contribution in [1.29, 1.82) is 0 Å². The summed E-state index contributed by atoms with van der Waals surface area (Å²) in [5.41, 5.74) is 7.71. The molecule has 1 amide bonds. The number of carbonyl (C=O) groups excluding carboxylic acids is 1. The van der Waals surface area contributed by atoms with Crippen molar-refractivity contribution >= 4 is 11.6 Å². The molecule has 0 spiro atoms. The second-order valence-electron chi connectivity index (χ2n) is 5.94. The summed E-state index contributed by atoms with van der Waals surface area (Å²) in [6.45, 7) is 9.24. The molecule has 2 N–H and O–H groups in total. The molecular formula is C16H24N2O2. The van der Waals surface area contributed by atoms with Gasteiger partial charge in [0, 0.05) is 13.1 Å². The first-order chi connectivity index (χ1) is 9.45. The number of hydrogen-bond donors (Lipinski definition) is 1. The zero-order chi connectivity index (χ0) is 14.9. The molecule has 0 radical (unpaired) electrons. The van der Waals surface area contributed by atoms with E-state index in [9.17, 15) is 4.79 Å². The molecule has 1 atom stereocenters. The number of hydrogen-bond acceptors (Lipinski definition) is 3. The van der Waals surface area contributed by atoms with Gasteiger partial charge in [0.15, 0.2) is 6.10 Å². The summed E-state index contributed by atoms with van der Waals surface area (Å²) in [4.78, 5) is 14.3. The highest BCUT2D eigenvalue weighted by molar-refractivity contribution is 6.00. The van der Waals surface area contributed by atoms with Crippen LogP contribution in [0.3, 0.4) is 0 Å². The van der Waals surface area contributed by atoms with E-state index in [0.717, 1.165) is 11.4 Å². The SMILES string of the molecule is CC(C)c1ccc2c(c1)N(CCN)C(=O)C(C(C)C)O2. The third-order valence-corrected chi connectivity index (χ3v) is 3.66. The minimum absolute atomic E-state index is 0.0128. The summed E-state index contributed by atoms with van der Waals surface area (Å²) >= 11 is 0. The molecule has 0 bridgehead atoms. The van der Waals surface area contributed by atoms with Gasteiger partial charge in [-0.15, -0.1) is 0 Å². The summed E-state index contributed by atoms with van der Waals surface area (Å²) in [6, 6.07) is 6.08. The van der Waals surface area contributed by atoms with Gasteiger partial charge in [0.05, 0.1) is 5.69 Å². The Morgan fingerprint density at radius 1 is 1.30 bits per heavy atom. The first-order valence-electron chi connectivity index (χ1n) is 7.27. The van der Waals surface area contributed by atoms with Gasteiger partial charge in [-0.3, -0.25) is 4.79 Å². The Labute approximate surface area is 120 Å². The molecule has 0 saturated heterocycles. The Balaban J connectivity index is 2.45. The summed E-state index contributed by atoms with van der Waals surface area (Å²) < 4.78 is 5.88. The highest BCUT2D eigenvalue weighted by Crippen LogP contribution is 2.37. The second-order valence-corrected chi connectivity index (χ2v) is 5.94. The number of amides is 1. The van der Waals surface area contributed by atoms with Crippen LogP contribution in [0.2, 0.25) is 0 Å². The molecule has 0 saturated carbocycles. The average Bonchev–Trinajstić information content (AvgIpc) is 2.40. The largest absolute Gasteiger partial charge is 0.478 e. The predicted molar refractivity (Wildman–Crippen MR) is 81.2 cm³/mol. The number of rotatable bonds is 4. The number of nitrogens with zero attached hydrogens (tertiary/aromatic N) is 1. The van der Waals surface area contributed by atoms with E-state index < -0.39 is 6.10 Å². The van der Waals surface area contributed by atoms with Gasteiger partial charge in [-0.1, -0.05) is 33.8 Å². The van der Waals surface area contributed by atoms with Crippen LogP contribution in [-0.4, -0.2) is 25.1 Å². The maximum atomic E-state index is 12.5. The minimum atomic E-state index is -0.418. The van der Waals surface area contributed by atoms with Crippen molar-refractivity contribution in [3.05, 3.63) is 23.8 Å². The maximum absolute atomic E-state index is 12.5. The summed E-state index contributed by atoms with van der Waals surface area (Å²) in [5.74, 6) is 1.35. The molecule has 20 heavy (non-hydrogen) atoms. The van der Waals surface area contributed by atoms with Crippen LogP contribution in [0.1, 0.15) is 39.2 Å². The van der Waals surface area contributed by atoms with Gasteiger partial charge in [-0.2, -0.15) is 0 Å². The van der Waals surface area contributed by atoms with Crippen LogP contribution in [0.25, 0.3) is 0 Å². The smallest absolute Gasteiger partial charge is 0.268 e. The van der Waals surface area contributed by atoms with Crippen molar-refractivity contribution in [1.82, 2.24) is 0 Å². The van der Waals surface area contributed by atoms with Gasteiger partial charge in [-0.05, 0) is 29.5 Å². The normalized spacial score (nSPS) is 18.4. The van der Waals surface area contributed by atoms with Crippen LogP contribution in [0.15, 0.2) is 18.2 Å². The zero-order valence-electron chi connectivity index (χ0n) is 12.7. The molecule has 4 heteroatoms. The van der Waals surface area contributed by atoms with Crippen molar-refractivity contribution in [2.45, 2.75) is 39.7 Å². The lowest BCUT2D eigenvalue weighted by Crippen LogP contribution is -2.49. The maximum Gasteiger partial charge on any atom is 0.268 e. The van der Waals surface area contributed by atoms with Gasteiger partial charge >= 0.3 is 0 Å². The first-order valence-corrected chi connectivity index (χ1v) is 7.27. The summed E-state index contributed by atoms with van der Waals surface area (Å²) in [6.07, 6.45) is -0.418. The fraction of sp³-hybridized carbons (Fsp3) is 0.562. The molecule has 4 nitrogen and oxygen atoms in total. The van der Waals surface area contributed by atoms with Gasteiger partial charge in [0.2, 0.25) is 0 Å². The highest BCUT2D eigenvalue weighted by atomic mass is 16.5. The number of anilines is 1. The number of carbonyl (C=O) groups is 1. The van der Waals surface area contributed by atoms with E-state index in [4.69, 9.17) is 10.5 Å². The van der Waals surface area contributed by atoms with Gasteiger partial charge < -0.3 is 15.4 Å². The highest BCUT2D eigenvalue weighted by Gasteiger charge is 2.36. The summed E-state index contributed by atoms with van der Waals surface area (Å²) in [7, 11) is 0. The molecule has 0 aromatic heterocycles. The van der Waals surface area contributed by atoms with E-state index >= 15 is 0 Å². The predicted octanol–water partition coefficient (Wildman–Crippen LogP) is 2.52. The van der Waals surface area contributed by atoms with Crippen molar-refractivity contribution < 1.29 is 9.53 Å². The molecule has 1 aromatic carbocycles. The Hall–Kier alpha value is -1.55. The minimum Gasteiger partial charge on any atom is -0.478 e. The fourth-order valence-electron chi connectivity index (χ4n) is 2.44. The third kappa shape index (κ3) is 2.66. The summed E-state index contributed by atoms with van der Waals surface area (Å²) in [5, 5.41) is 0. The van der Waals surface area contributed by atoms with E-state index in [1.54, 1.807) is 4.90 Å². The van der Waals surface area contributed by atoms with E-state index in [-0.39, 0.29) is 11.8 Å². The van der Waals surface area contributed by atoms with Gasteiger partial charge in [0.1, 0.15) is 5.75 Å².